The molecule has 0 radical (unpaired) electrons. The highest BCUT2D eigenvalue weighted by Gasteiger charge is 2.54. The number of carbonyl (C=O) groups is 1. The van der Waals surface area contributed by atoms with Crippen molar-refractivity contribution in [3.63, 3.8) is 0 Å². The van der Waals surface area contributed by atoms with Crippen molar-refractivity contribution >= 4 is 5.97 Å². The number of fused-ring (bicyclic) bond motifs is 3. The number of carboxylic acids is 1. The van der Waals surface area contributed by atoms with Crippen molar-refractivity contribution in [2.24, 2.45) is 23.2 Å². The number of aliphatic carboxylic acids is 1. The Morgan fingerprint density at radius 3 is 2.43 bits per heavy atom. The van der Waals surface area contributed by atoms with Gasteiger partial charge in [-0.25, -0.2) is 0 Å². The van der Waals surface area contributed by atoms with Crippen LogP contribution in [0.5, 0.6) is 11.5 Å². The van der Waals surface area contributed by atoms with Crippen LogP contribution in [0.25, 0.3) is 0 Å². The van der Waals surface area contributed by atoms with E-state index in [9.17, 15) is 9.90 Å². The van der Waals surface area contributed by atoms with Gasteiger partial charge in [-0.3, -0.25) is 4.79 Å². The van der Waals surface area contributed by atoms with Crippen molar-refractivity contribution in [3.8, 4) is 11.5 Å². The maximum absolute atomic E-state index is 11.3. The maximum Gasteiger partial charge on any atom is 0.307 e. The minimum Gasteiger partial charge on any atom is -0.481 e. The van der Waals surface area contributed by atoms with Gasteiger partial charge in [0.2, 0.25) is 0 Å². The van der Waals surface area contributed by atoms with E-state index < -0.39 is 5.97 Å². The third-order valence-corrected chi connectivity index (χ3v) is 7.97. The second kappa shape index (κ2) is 7.42. The molecular formula is C26H30O4. The predicted octanol–water partition coefficient (Wildman–Crippen LogP) is 6.01. The van der Waals surface area contributed by atoms with Gasteiger partial charge in [-0.05, 0) is 85.6 Å². The topological polar surface area (TPSA) is 55.8 Å². The molecule has 0 amide bonds. The van der Waals surface area contributed by atoms with Crippen LogP contribution in [0.3, 0.4) is 0 Å². The molecule has 0 aromatic heterocycles. The van der Waals surface area contributed by atoms with Crippen molar-refractivity contribution in [1.29, 1.82) is 0 Å². The minimum atomic E-state index is -0.620. The standard InChI is InChI=1S/C26H30O4/c1-18-22(23(18)24(27)28)10-11-25-12-14-26(15-13-25,29-17-25)19-6-5-9-21(16-19)30-20-7-3-2-4-8-20/h2-9,16,18,22-23H,10-15,17H2,1H3,(H,27,28). The van der Waals surface area contributed by atoms with Crippen molar-refractivity contribution in [1.82, 2.24) is 0 Å². The second-order valence-corrected chi connectivity index (χ2v) is 9.65. The molecule has 4 fully saturated rings. The minimum absolute atomic E-state index is 0.124. The fourth-order valence-electron chi connectivity index (χ4n) is 5.79. The van der Waals surface area contributed by atoms with E-state index in [1.54, 1.807) is 0 Å². The lowest BCUT2D eigenvalue weighted by atomic mass is 9.62. The van der Waals surface area contributed by atoms with Crippen molar-refractivity contribution < 1.29 is 19.4 Å². The first-order valence-corrected chi connectivity index (χ1v) is 11.2. The van der Waals surface area contributed by atoms with Crippen molar-refractivity contribution in [2.45, 2.75) is 51.0 Å². The summed E-state index contributed by atoms with van der Waals surface area (Å²) >= 11 is 0. The second-order valence-electron chi connectivity index (χ2n) is 9.65. The SMILES string of the molecule is CC1C(CCC23CCC(c4cccc(Oc5ccccc5)c4)(CC2)OC3)C1C(=O)O. The third-order valence-electron chi connectivity index (χ3n) is 7.97. The van der Waals surface area contributed by atoms with Gasteiger partial charge < -0.3 is 14.6 Å². The highest BCUT2D eigenvalue weighted by atomic mass is 16.5. The molecule has 2 heterocycles. The van der Waals surface area contributed by atoms with Gasteiger partial charge in [0, 0.05) is 0 Å². The number of carboxylic acid groups (broad SMARTS) is 1. The van der Waals surface area contributed by atoms with Crippen LogP contribution in [-0.4, -0.2) is 17.7 Å². The summed E-state index contributed by atoms with van der Waals surface area (Å²) < 4.78 is 12.6. The molecule has 158 valence electrons. The zero-order chi connectivity index (χ0) is 20.8. The lowest BCUT2D eigenvalue weighted by Crippen LogP contribution is -2.49. The van der Waals surface area contributed by atoms with Crippen LogP contribution in [0.15, 0.2) is 54.6 Å². The maximum atomic E-state index is 11.3. The Hall–Kier alpha value is -2.33. The highest BCUT2D eigenvalue weighted by Crippen LogP contribution is 2.58. The summed E-state index contributed by atoms with van der Waals surface area (Å²) in [7, 11) is 0. The first-order valence-electron chi connectivity index (χ1n) is 11.2. The number of benzene rings is 2. The summed E-state index contributed by atoms with van der Waals surface area (Å²) in [5, 5.41) is 9.30. The van der Waals surface area contributed by atoms with Crippen molar-refractivity contribution in [2.75, 3.05) is 6.61 Å². The molecule has 2 saturated heterocycles. The number of ether oxygens (including phenoxy) is 2. The Bertz CT molecular complexity index is 897. The molecular weight excluding hydrogens is 376 g/mol. The van der Waals surface area contributed by atoms with Gasteiger partial charge in [-0.2, -0.15) is 0 Å². The number of hydrogen-bond donors (Lipinski definition) is 1. The zero-order valence-electron chi connectivity index (χ0n) is 17.5. The summed E-state index contributed by atoms with van der Waals surface area (Å²) in [6.45, 7) is 2.87. The van der Waals surface area contributed by atoms with Crippen LogP contribution < -0.4 is 4.74 Å². The molecule has 2 aromatic carbocycles. The van der Waals surface area contributed by atoms with Crippen LogP contribution >= 0.6 is 0 Å². The van der Waals surface area contributed by atoms with E-state index in [0.29, 0.717) is 11.8 Å². The van der Waals surface area contributed by atoms with Gasteiger partial charge in [0.05, 0.1) is 18.1 Å². The molecule has 1 N–H and O–H groups in total. The van der Waals surface area contributed by atoms with Crippen LogP contribution in [-0.2, 0) is 15.1 Å². The van der Waals surface area contributed by atoms with Gasteiger partial charge in [-0.1, -0.05) is 37.3 Å². The molecule has 2 aliphatic heterocycles. The van der Waals surface area contributed by atoms with Gasteiger partial charge in [0.25, 0.3) is 0 Å². The average Bonchev–Trinajstić information content (AvgIpc) is 3.44. The smallest absolute Gasteiger partial charge is 0.307 e. The van der Waals surface area contributed by atoms with Crippen LogP contribution in [0, 0.1) is 23.2 Å². The molecule has 2 saturated carbocycles. The molecule has 2 bridgehead atoms. The van der Waals surface area contributed by atoms with E-state index in [1.807, 2.05) is 36.4 Å². The summed E-state index contributed by atoms with van der Waals surface area (Å²) in [6.07, 6.45) is 6.51. The quantitative estimate of drug-likeness (QED) is 0.612. The molecule has 0 spiro atoms. The van der Waals surface area contributed by atoms with Crippen LogP contribution in [0.1, 0.15) is 51.0 Å². The highest BCUT2D eigenvalue weighted by molar-refractivity contribution is 5.74. The van der Waals surface area contributed by atoms with Gasteiger partial charge in [0.15, 0.2) is 0 Å². The molecule has 30 heavy (non-hydrogen) atoms. The average molecular weight is 407 g/mol. The van der Waals surface area contributed by atoms with E-state index in [1.165, 1.54) is 5.56 Å². The number of para-hydroxylation sites is 1. The van der Waals surface area contributed by atoms with Gasteiger partial charge in [-0.15, -0.1) is 0 Å². The van der Waals surface area contributed by atoms with Crippen LogP contribution in [0.2, 0.25) is 0 Å². The molecule has 6 rings (SSSR count). The third kappa shape index (κ3) is 3.51. The van der Waals surface area contributed by atoms with E-state index in [2.05, 4.69) is 25.1 Å². The van der Waals surface area contributed by atoms with Gasteiger partial charge in [0.1, 0.15) is 11.5 Å². The first kappa shape index (κ1) is 19.6. The Labute approximate surface area is 178 Å². The Kier molecular flexibility index (Phi) is 4.85. The molecule has 3 atom stereocenters. The van der Waals surface area contributed by atoms with E-state index in [4.69, 9.17) is 9.47 Å². The molecule has 4 aliphatic rings. The van der Waals surface area contributed by atoms with E-state index >= 15 is 0 Å². The first-order chi connectivity index (χ1) is 14.5. The summed E-state index contributed by atoms with van der Waals surface area (Å²) in [5.74, 6) is 1.64. The zero-order valence-corrected chi connectivity index (χ0v) is 17.5. The Morgan fingerprint density at radius 2 is 1.80 bits per heavy atom. The molecule has 4 heteroatoms. The van der Waals surface area contributed by atoms with E-state index in [-0.39, 0.29) is 16.9 Å². The molecule has 2 aliphatic carbocycles. The largest absolute Gasteiger partial charge is 0.481 e. The summed E-state index contributed by atoms with van der Waals surface area (Å²) in [6, 6.07) is 18.2. The normalized spacial score (nSPS) is 34.5. The number of hydrogen-bond acceptors (Lipinski definition) is 3. The summed E-state index contributed by atoms with van der Waals surface area (Å²) in [4.78, 5) is 11.3. The Balaban J connectivity index is 1.23. The van der Waals surface area contributed by atoms with Gasteiger partial charge >= 0.3 is 5.97 Å². The van der Waals surface area contributed by atoms with Crippen molar-refractivity contribution in [3.05, 3.63) is 60.2 Å². The lowest BCUT2D eigenvalue weighted by Gasteiger charge is -2.53. The molecule has 3 unspecified atom stereocenters. The Morgan fingerprint density at radius 1 is 1.07 bits per heavy atom. The fraction of sp³-hybridized carbons (Fsp3) is 0.500. The summed E-state index contributed by atoms with van der Waals surface area (Å²) in [5.41, 5.74) is 1.26. The van der Waals surface area contributed by atoms with E-state index in [0.717, 1.165) is 56.6 Å². The monoisotopic (exact) mass is 406 g/mol. The molecule has 2 aromatic rings. The predicted molar refractivity (Wildman–Crippen MR) is 115 cm³/mol. The van der Waals surface area contributed by atoms with Crippen LogP contribution in [0.4, 0.5) is 0 Å². The molecule has 4 nitrogen and oxygen atoms in total. The fourth-order valence-corrected chi connectivity index (χ4v) is 5.79. The lowest BCUT2D eigenvalue weighted by molar-refractivity contribution is -0.192. The number of rotatable bonds is 7.